The molecule has 0 spiro atoms. The summed E-state index contributed by atoms with van der Waals surface area (Å²) in [4.78, 5) is 56.9. The van der Waals surface area contributed by atoms with Crippen molar-refractivity contribution in [3.05, 3.63) is 34.2 Å². The van der Waals surface area contributed by atoms with E-state index < -0.39 is 5.92 Å². The van der Waals surface area contributed by atoms with Gasteiger partial charge >= 0.3 is 5.97 Å². The fourth-order valence-corrected chi connectivity index (χ4v) is 5.17. The zero-order valence-corrected chi connectivity index (χ0v) is 18.8. The lowest BCUT2D eigenvalue weighted by atomic mass is 9.87. The van der Waals surface area contributed by atoms with Crippen LogP contribution in [0, 0.1) is 18.8 Å². The number of anilines is 1. The Kier molecular flexibility index (Phi) is 6.40. The molecule has 1 N–H and O–H groups in total. The van der Waals surface area contributed by atoms with E-state index in [0.717, 1.165) is 17.8 Å². The third-order valence-electron chi connectivity index (χ3n) is 5.85. The molecule has 0 aromatic carbocycles. The second-order valence-electron chi connectivity index (χ2n) is 8.04. The Labute approximate surface area is 189 Å². The largest absolute Gasteiger partial charge is 0.469 e. The second kappa shape index (κ2) is 9.23. The highest BCUT2D eigenvalue weighted by Crippen LogP contribution is 2.34. The van der Waals surface area contributed by atoms with Crippen molar-refractivity contribution in [3.63, 3.8) is 0 Å². The first-order valence-corrected chi connectivity index (χ1v) is 11.5. The number of carbonyl (C=O) groups excluding carboxylic acids is 4. The number of hydrogen-bond acceptors (Lipinski definition) is 8. The van der Waals surface area contributed by atoms with E-state index in [0.29, 0.717) is 59.6 Å². The van der Waals surface area contributed by atoms with Gasteiger partial charge in [0.15, 0.2) is 10.9 Å². The van der Waals surface area contributed by atoms with E-state index in [4.69, 9.17) is 9.15 Å². The van der Waals surface area contributed by atoms with Crippen LogP contribution in [0.15, 0.2) is 16.7 Å². The molecule has 170 valence electrons. The highest BCUT2D eigenvalue weighted by atomic mass is 32.1. The molecule has 2 atom stereocenters. The van der Waals surface area contributed by atoms with Gasteiger partial charge in [-0.1, -0.05) is 11.3 Å². The summed E-state index contributed by atoms with van der Waals surface area (Å²) in [7, 11) is 0. The van der Waals surface area contributed by atoms with Gasteiger partial charge in [0, 0.05) is 25.9 Å². The summed E-state index contributed by atoms with van der Waals surface area (Å²) < 4.78 is 10.3. The summed E-state index contributed by atoms with van der Waals surface area (Å²) in [5.74, 6) is -1.27. The molecule has 9 nitrogen and oxygen atoms in total. The van der Waals surface area contributed by atoms with Crippen LogP contribution in [0.4, 0.5) is 5.13 Å². The summed E-state index contributed by atoms with van der Waals surface area (Å²) in [5.41, 5.74) is 0.932. The lowest BCUT2D eigenvalue weighted by Crippen LogP contribution is -2.46. The number of piperidine rings is 1. The minimum Gasteiger partial charge on any atom is -0.469 e. The number of furan rings is 1. The average Bonchev–Trinajstić information content (AvgIpc) is 3.39. The van der Waals surface area contributed by atoms with Crippen LogP contribution < -0.4 is 5.32 Å². The summed E-state index contributed by atoms with van der Waals surface area (Å²) >= 11 is 1.12. The van der Waals surface area contributed by atoms with Gasteiger partial charge in [-0.3, -0.25) is 24.5 Å². The molecule has 0 radical (unpaired) electrons. The highest BCUT2D eigenvalue weighted by Gasteiger charge is 2.37. The van der Waals surface area contributed by atoms with E-state index in [1.165, 1.54) is 6.26 Å². The van der Waals surface area contributed by atoms with Gasteiger partial charge < -0.3 is 14.1 Å². The quantitative estimate of drug-likeness (QED) is 0.683. The molecule has 2 aliphatic rings. The van der Waals surface area contributed by atoms with Crippen LogP contribution in [-0.4, -0.2) is 53.1 Å². The Morgan fingerprint density at radius 3 is 2.84 bits per heavy atom. The molecular formula is C22H25N3O6S. The maximum atomic E-state index is 13.1. The maximum Gasteiger partial charge on any atom is 0.310 e. The van der Waals surface area contributed by atoms with Gasteiger partial charge in [0.2, 0.25) is 5.91 Å². The molecule has 0 unspecified atom stereocenters. The molecule has 3 heterocycles. The number of fused-ring (bicyclic) bond motifs is 1. The number of hydrogen-bond donors (Lipinski definition) is 1. The predicted octanol–water partition coefficient (Wildman–Crippen LogP) is 2.84. The van der Waals surface area contributed by atoms with Crippen molar-refractivity contribution in [1.29, 1.82) is 0 Å². The molecule has 32 heavy (non-hydrogen) atoms. The topological polar surface area (TPSA) is 119 Å². The average molecular weight is 460 g/mol. The molecular weight excluding hydrogens is 434 g/mol. The molecule has 2 aromatic rings. The van der Waals surface area contributed by atoms with Crippen molar-refractivity contribution in [2.45, 2.75) is 39.5 Å². The highest BCUT2D eigenvalue weighted by molar-refractivity contribution is 7.17. The molecule has 1 aliphatic carbocycles. The lowest BCUT2D eigenvalue weighted by molar-refractivity contribution is -0.152. The van der Waals surface area contributed by atoms with Crippen LogP contribution in [-0.2, 0) is 20.7 Å². The van der Waals surface area contributed by atoms with Gasteiger partial charge in [0.05, 0.1) is 40.8 Å². The number of esters is 1. The van der Waals surface area contributed by atoms with E-state index in [9.17, 15) is 19.2 Å². The van der Waals surface area contributed by atoms with Crippen LogP contribution in [0.1, 0.15) is 57.7 Å². The molecule has 2 aromatic heterocycles. The number of aryl methyl sites for hydroxylation is 1. The lowest BCUT2D eigenvalue weighted by Gasteiger charge is -2.34. The number of likely N-dealkylation sites (tertiary alicyclic amines) is 1. The number of Topliss-reactive ketones (excluding diaryl/α,β-unsaturated/α-hetero) is 1. The Morgan fingerprint density at radius 1 is 1.31 bits per heavy atom. The van der Waals surface area contributed by atoms with Crippen LogP contribution in [0.2, 0.25) is 0 Å². The zero-order valence-electron chi connectivity index (χ0n) is 18.0. The van der Waals surface area contributed by atoms with E-state index in [1.807, 2.05) is 0 Å². The van der Waals surface area contributed by atoms with E-state index >= 15 is 0 Å². The third-order valence-corrected chi connectivity index (χ3v) is 6.90. The number of ketones is 1. The first-order valence-electron chi connectivity index (χ1n) is 10.7. The summed E-state index contributed by atoms with van der Waals surface area (Å²) in [6, 6.07) is 1.57. The maximum absolute atomic E-state index is 13.1. The molecule has 1 fully saturated rings. The fraction of sp³-hybridized carbons (Fsp3) is 0.500. The summed E-state index contributed by atoms with van der Waals surface area (Å²) in [6.07, 6.45) is 3.29. The zero-order chi connectivity index (χ0) is 22.8. The normalized spacial score (nSPS) is 20.6. The van der Waals surface area contributed by atoms with Gasteiger partial charge in [-0.25, -0.2) is 4.98 Å². The van der Waals surface area contributed by atoms with Gasteiger partial charge in [0.1, 0.15) is 5.76 Å². The predicted molar refractivity (Wildman–Crippen MR) is 116 cm³/mol. The van der Waals surface area contributed by atoms with Crippen LogP contribution in [0.25, 0.3) is 0 Å². The molecule has 1 saturated heterocycles. The third kappa shape index (κ3) is 4.45. The smallest absolute Gasteiger partial charge is 0.310 e. The van der Waals surface area contributed by atoms with Crippen molar-refractivity contribution in [2.75, 3.05) is 25.0 Å². The second-order valence-corrected chi connectivity index (χ2v) is 9.04. The molecule has 0 bridgehead atoms. The Balaban J connectivity index is 1.43. The monoisotopic (exact) mass is 459 g/mol. The van der Waals surface area contributed by atoms with E-state index in [1.54, 1.807) is 24.8 Å². The minimum absolute atomic E-state index is 0.100. The Hall–Kier alpha value is -3.01. The van der Waals surface area contributed by atoms with Crippen LogP contribution in [0.3, 0.4) is 0 Å². The number of nitrogens with zero attached hydrogens (tertiary/aromatic N) is 2. The van der Waals surface area contributed by atoms with Crippen molar-refractivity contribution < 1.29 is 28.3 Å². The number of nitrogens with one attached hydrogen (secondary N) is 1. The Bertz CT molecular complexity index is 1060. The standard InChI is InChI=1S/C22H25N3O6S/c1-3-30-21(29)13-5-4-7-25(11-13)20(28)14-9-16-18(17(26)10-14)32-22(23-16)24-19(27)15-6-8-31-12(15)2/h6,8,13-14H,3-5,7,9-11H2,1-2H3,(H,23,24,27)/t13-,14+/m1/s1. The van der Waals surface area contributed by atoms with Crippen molar-refractivity contribution in [3.8, 4) is 0 Å². The van der Waals surface area contributed by atoms with Crippen LogP contribution in [0.5, 0.6) is 0 Å². The van der Waals surface area contributed by atoms with E-state index in [-0.39, 0.29) is 35.9 Å². The number of ether oxygens (including phenoxy) is 1. The van der Waals surface area contributed by atoms with Crippen molar-refractivity contribution in [1.82, 2.24) is 9.88 Å². The number of rotatable bonds is 5. The number of aromatic nitrogens is 1. The first-order chi connectivity index (χ1) is 15.4. The fourth-order valence-electron chi connectivity index (χ4n) is 4.23. The van der Waals surface area contributed by atoms with Gasteiger partial charge in [-0.15, -0.1) is 0 Å². The molecule has 2 amide bonds. The number of carbonyl (C=O) groups is 4. The van der Waals surface area contributed by atoms with Crippen molar-refractivity contribution in [2.24, 2.45) is 11.8 Å². The van der Waals surface area contributed by atoms with Gasteiger partial charge in [-0.05, 0) is 32.8 Å². The van der Waals surface area contributed by atoms with Crippen LogP contribution >= 0.6 is 11.3 Å². The summed E-state index contributed by atoms with van der Waals surface area (Å²) in [6.45, 7) is 4.64. The molecule has 0 saturated carbocycles. The Morgan fingerprint density at radius 2 is 2.12 bits per heavy atom. The summed E-state index contributed by atoms with van der Waals surface area (Å²) in [5, 5.41) is 3.03. The molecule has 4 rings (SSSR count). The van der Waals surface area contributed by atoms with Gasteiger partial charge in [0.25, 0.3) is 5.91 Å². The number of amides is 2. The molecule has 1 aliphatic heterocycles. The van der Waals surface area contributed by atoms with Gasteiger partial charge in [-0.2, -0.15) is 0 Å². The minimum atomic E-state index is -0.516. The molecule has 10 heteroatoms. The first kappa shape index (κ1) is 22.2. The number of thiazole rings is 1. The SMILES string of the molecule is CCOC(=O)[C@@H]1CCCN(C(=O)[C@@H]2CC(=O)c3sc(NC(=O)c4ccoc4C)nc3C2)C1. The van der Waals surface area contributed by atoms with Crippen molar-refractivity contribution >= 4 is 40.0 Å². The van der Waals surface area contributed by atoms with E-state index in [2.05, 4.69) is 10.3 Å².